The molecule has 1 aromatic carbocycles. The maximum Gasteiger partial charge on any atom is 0.455 e. The Labute approximate surface area is 155 Å². The minimum atomic E-state index is -5.66. The van der Waals surface area contributed by atoms with Gasteiger partial charge in [0, 0.05) is 35.6 Å². The quantitative estimate of drug-likeness (QED) is 0.387. The highest BCUT2D eigenvalue weighted by molar-refractivity contribution is 5.90. The van der Waals surface area contributed by atoms with Gasteiger partial charge in [-0.25, -0.2) is 9.98 Å². The van der Waals surface area contributed by atoms with Crippen molar-refractivity contribution in [2.45, 2.75) is 18.6 Å². The molecule has 0 bridgehead atoms. The van der Waals surface area contributed by atoms with Gasteiger partial charge in [-0.05, 0) is 24.3 Å². The third-order valence-corrected chi connectivity index (χ3v) is 3.99. The first-order chi connectivity index (χ1) is 13.1. The second kappa shape index (κ2) is 7.06. The first kappa shape index (κ1) is 19.5. The summed E-state index contributed by atoms with van der Waals surface area (Å²) in [6.07, 6.45) is -1.86. The number of nitrogen functional groups attached to an aromatic ring is 1. The van der Waals surface area contributed by atoms with Crippen LogP contribution in [0.2, 0.25) is 0 Å². The Balaban J connectivity index is 1.84. The zero-order valence-electron chi connectivity index (χ0n) is 14.5. The largest absolute Gasteiger partial charge is 0.455 e. The molecule has 0 spiro atoms. The van der Waals surface area contributed by atoms with E-state index >= 15 is 0 Å². The summed E-state index contributed by atoms with van der Waals surface area (Å²) >= 11 is 0. The number of aliphatic imine (C=N–C) groups is 1. The SMILES string of the molecule is CNc1ccc(C=Nc2cc3cnn(CC(F)(F)C(F)(F)F)c3cn2)c(N)c1. The van der Waals surface area contributed by atoms with Crippen LogP contribution in [0.1, 0.15) is 5.56 Å². The van der Waals surface area contributed by atoms with E-state index in [0.29, 0.717) is 21.3 Å². The molecule has 0 amide bonds. The molecule has 2 heterocycles. The van der Waals surface area contributed by atoms with Crippen molar-refractivity contribution in [3.8, 4) is 0 Å². The number of nitrogens with zero attached hydrogens (tertiary/aromatic N) is 4. The van der Waals surface area contributed by atoms with Gasteiger partial charge >= 0.3 is 12.1 Å². The minimum absolute atomic E-state index is 0.0424. The lowest BCUT2D eigenvalue weighted by Crippen LogP contribution is -2.40. The molecule has 11 heteroatoms. The lowest BCUT2D eigenvalue weighted by atomic mass is 10.2. The van der Waals surface area contributed by atoms with Crippen LogP contribution >= 0.6 is 0 Å². The molecule has 0 radical (unpaired) electrons. The number of hydrogen-bond donors (Lipinski definition) is 2. The normalized spacial score (nSPS) is 12.8. The zero-order valence-corrected chi connectivity index (χ0v) is 14.5. The molecule has 28 heavy (non-hydrogen) atoms. The van der Waals surface area contributed by atoms with Crippen molar-refractivity contribution in [3.63, 3.8) is 0 Å². The van der Waals surface area contributed by atoms with Crippen LogP contribution in [0.15, 0.2) is 41.7 Å². The highest BCUT2D eigenvalue weighted by atomic mass is 19.4. The van der Waals surface area contributed by atoms with Gasteiger partial charge in [0.25, 0.3) is 0 Å². The highest BCUT2D eigenvalue weighted by Gasteiger charge is 2.57. The summed E-state index contributed by atoms with van der Waals surface area (Å²) in [6, 6.07) is 6.71. The van der Waals surface area contributed by atoms with Gasteiger partial charge in [0.15, 0.2) is 5.82 Å². The number of benzene rings is 1. The number of rotatable bonds is 5. The zero-order chi connectivity index (χ0) is 20.5. The fraction of sp³-hybridized carbons (Fsp3) is 0.235. The molecular weight excluding hydrogens is 383 g/mol. The van der Waals surface area contributed by atoms with Gasteiger partial charge in [-0.15, -0.1) is 0 Å². The molecule has 2 aromatic heterocycles. The van der Waals surface area contributed by atoms with E-state index in [-0.39, 0.29) is 11.3 Å². The monoisotopic (exact) mass is 398 g/mol. The number of anilines is 2. The van der Waals surface area contributed by atoms with Gasteiger partial charge in [0.2, 0.25) is 0 Å². The van der Waals surface area contributed by atoms with Crippen molar-refractivity contribution in [2.75, 3.05) is 18.1 Å². The van der Waals surface area contributed by atoms with Crippen molar-refractivity contribution in [2.24, 2.45) is 4.99 Å². The van der Waals surface area contributed by atoms with E-state index in [9.17, 15) is 22.0 Å². The van der Waals surface area contributed by atoms with E-state index in [0.717, 1.165) is 11.9 Å². The summed E-state index contributed by atoms with van der Waals surface area (Å²) in [5.74, 6) is -4.67. The first-order valence-electron chi connectivity index (χ1n) is 7.98. The van der Waals surface area contributed by atoms with Crippen LogP contribution in [-0.4, -0.2) is 40.1 Å². The fourth-order valence-corrected chi connectivity index (χ4v) is 2.42. The van der Waals surface area contributed by atoms with E-state index < -0.39 is 18.6 Å². The molecule has 148 valence electrons. The Morgan fingerprint density at radius 1 is 1.18 bits per heavy atom. The van der Waals surface area contributed by atoms with Crippen LogP contribution in [0, 0.1) is 0 Å². The smallest absolute Gasteiger partial charge is 0.398 e. The topological polar surface area (TPSA) is 81.1 Å². The lowest BCUT2D eigenvalue weighted by Gasteiger charge is -2.19. The molecule has 0 aliphatic rings. The number of nitrogens with one attached hydrogen (secondary N) is 1. The van der Waals surface area contributed by atoms with Crippen molar-refractivity contribution in [1.82, 2.24) is 14.8 Å². The number of pyridine rings is 1. The lowest BCUT2D eigenvalue weighted by molar-refractivity contribution is -0.287. The van der Waals surface area contributed by atoms with Crippen LogP contribution in [-0.2, 0) is 6.54 Å². The second-order valence-electron chi connectivity index (χ2n) is 5.96. The number of aromatic nitrogens is 3. The van der Waals surface area contributed by atoms with Gasteiger partial charge in [0.05, 0.1) is 17.9 Å². The molecule has 0 unspecified atom stereocenters. The molecule has 0 saturated carbocycles. The number of halogens is 5. The molecule has 0 aliphatic carbocycles. The number of fused-ring (bicyclic) bond motifs is 1. The predicted molar refractivity (Wildman–Crippen MR) is 96.2 cm³/mol. The summed E-state index contributed by atoms with van der Waals surface area (Å²) in [5, 5.41) is 6.88. The molecule has 3 aromatic rings. The predicted octanol–water partition coefficient (Wildman–Crippen LogP) is 4.00. The molecule has 6 nitrogen and oxygen atoms in total. The summed E-state index contributed by atoms with van der Waals surface area (Å²) in [5.41, 5.74) is 7.92. The van der Waals surface area contributed by atoms with E-state index in [1.165, 1.54) is 18.5 Å². The molecule has 0 fully saturated rings. The Kier molecular flexibility index (Phi) is 4.92. The van der Waals surface area contributed by atoms with Crippen molar-refractivity contribution >= 4 is 34.3 Å². The highest BCUT2D eigenvalue weighted by Crippen LogP contribution is 2.37. The second-order valence-corrected chi connectivity index (χ2v) is 5.96. The number of hydrogen-bond acceptors (Lipinski definition) is 5. The van der Waals surface area contributed by atoms with Gasteiger partial charge in [-0.2, -0.15) is 27.1 Å². The van der Waals surface area contributed by atoms with Gasteiger partial charge < -0.3 is 11.1 Å². The standard InChI is InChI=1S/C17H15F5N6/c1-24-12-3-2-10(13(23)5-12)6-25-15-4-11-7-27-28(14(11)8-26-15)9-16(18,19)17(20,21)22/h2-8,24H,9,23H2,1H3. The molecule has 3 rings (SSSR count). The van der Waals surface area contributed by atoms with Crippen LogP contribution in [0.5, 0.6) is 0 Å². The van der Waals surface area contributed by atoms with E-state index in [4.69, 9.17) is 5.73 Å². The summed E-state index contributed by atoms with van der Waals surface area (Å²) < 4.78 is 64.3. The van der Waals surface area contributed by atoms with Crippen LogP contribution in [0.4, 0.5) is 39.1 Å². The van der Waals surface area contributed by atoms with Crippen LogP contribution in [0.3, 0.4) is 0 Å². The Morgan fingerprint density at radius 2 is 1.93 bits per heavy atom. The van der Waals surface area contributed by atoms with Crippen molar-refractivity contribution in [3.05, 3.63) is 42.2 Å². The molecule has 0 aliphatic heterocycles. The summed E-state index contributed by atoms with van der Waals surface area (Å²) in [7, 11) is 1.76. The van der Waals surface area contributed by atoms with Crippen molar-refractivity contribution < 1.29 is 22.0 Å². The van der Waals surface area contributed by atoms with Crippen molar-refractivity contribution in [1.29, 1.82) is 0 Å². The fourth-order valence-electron chi connectivity index (χ4n) is 2.42. The van der Waals surface area contributed by atoms with E-state index in [1.54, 1.807) is 25.2 Å². The van der Waals surface area contributed by atoms with Gasteiger partial charge in [-0.3, -0.25) is 4.68 Å². The average Bonchev–Trinajstić information content (AvgIpc) is 3.01. The van der Waals surface area contributed by atoms with Gasteiger partial charge in [-0.1, -0.05) is 0 Å². The first-order valence-corrected chi connectivity index (χ1v) is 7.98. The third kappa shape index (κ3) is 3.87. The minimum Gasteiger partial charge on any atom is -0.398 e. The number of nitrogens with two attached hydrogens (primary N) is 1. The molecular formula is C17H15F5N6. The summed E-state index contributed by atoms with van der Waals surface area (Å²) in [4.78, 5) is 8.14. The third-order valence-electron chi connectivity index (χ3n) is 3.99. The van der Waals surface area contributed by atoms with Crippen LogP contribution < -0.4 is 11.1 Å². The molecule has 3 N–H and O–H groups in total. The molecule has 0 saturated heterocycles. The average molecular weight is 398 g/mol. The van der Waals surface area contributed by atoms with E-state index in [2.05, 4.69) is 20.4 Å². The Hall–Kier alpha value is -3.24. The summed E-state index contributed by atoms with van der Waals surface area (Å²) in [6.45, 7) is -1.63. The number of alkyl halides is 5. The Bertz CT molecular complexity index is 1020. The molecule has 0 atom stereocenters. The van der Waals surface area contributed by atoms with E-state index in [1.807, 2.05) is 0 Å². The van der Waals surface area contributed by atoms with Crippen LogP contribution in [0.25, 0.3) is 10.9 Å². The van der Waals surface area contributed by atoms with Gasteiger partial charge in [0.1, 0.15) is 6.54 Å². The Morgan fingerprint density at radius 3 is 2.57 bits per heavy atom. The maximum atomic E-state index is 13.3. The maximum absolute atomic E-state index is 13.3.